The Morgan fingerprint density at radius 2 is 1.71 bits per heavy atom. The van der Waals surface area contributed by atoms with Crippen LogP contribution in [0.4, 0.5) is 23.2 Å². The zero-order valence-electron chi connectivity index (χ0n) is 12.6. The molecule has 0 spiro atoms. The van der Waals surface area contributed by atoms with Gasteiger partial charge in [-0.05, 0) is 30.5 Å². The van der Waals surface area contributed by atoms with Crippen molar-refractivity contribution < 1.29 is 17.6 Å². The molecule has 1 N–H and O–H groups in total. The number of hydrogen-bond acceptors (Lipinski definition) is 1. The monoisotopic (exact) mass is 305 g/mol. The van der Waals surface area contributed by atoms with Crippen LogP contribution in [0.1, 0.15) is 51.5 Å². The highest BCUT2D eigenvalue weighted by atomic mass is 19.4. The average molecular weight is 305 g/mol. The Labute approximate surface area is 123 Å². The van der Waals surface area contributed by atoms with Gasteiger partial charge in [0.2, 0.25) is 0 Å². The summed E-state index contributed by atoms with van der Waals surface area (Å²) in [5.41, 5.74) is -0.829. The molecule has 0 radical (unpaired) electrons. The largest absolute Gasteiger partial charge is 0.416 e. The Bertz CT molecular complexity index is 427. The van der Waals surface area contributed by atoms with Crippen molar-refractivity contribution in [3.8, 4) is 0 Å². The predicted octanol–water partition coefficient (Wildman–Crippen LogP) is 5.86. The summed E-state index contributed by atoms with van der Waals surface area (Å²) < 4.78 is 50.7. The number of alkyl halides is 3. The van der Waals surface area contributed by atoms with Crippen molar-refractivity contribution in [3.05, 3.63) is 29.6 Å². The first-order chi connectivity index (χ1) is 9.80. The Balaban J connectivity index is 2.30. The van der Waals surface area contributed by atoms with Crippen molar-refractivity contribution in [2.75, 3.05) is 11.9 Å². The fraction of sp³-hybridized carbons (Fsp3) is 0.625. The smallest absolute Gasteiger partial charge is 0.383 e. The molecule has 0 bridgehead atoms. The minimum absolute atomic E-state index is 0.130. The van der Waals surface area contributed by atoms with Crippen molar-refractivity contribution >= 4 is 5.69 Å². The number of nitrogens with one attached hydrogen (secondary N) is 1. The van der Waals surface area contributed by atoms with Gasteiger partial charge in [0.05, 0.1) is 11.3 Å². The van der Waals surface area contributed by atoms with Crippen molar-refractivity contribution in [2.24, 2.45) is 5.92 Å². The summed E-state index contributed by atoms with van der Waals surface area (Å²) in [5, 5.41) is 2.85. The van der Waals surface area contributed by atoms with Crippen LogP contribution in [0.3, 0.4) is 0 Å². The molecular weight excluding hydrogens is 282 g/mol. The number of anilines is 1. The molecule has 120 valence electrons. The van der Waals surface area contributed by atoms with Gasteiger partial charge in [0.25, 0.3) is 0 Å². The molecule has 0 saturated carbocycles. The summed E-state index contributed by atoms with van der Waals surface area (Å²) in [6.07, 6.45) is 0.957. The molecule has 21 heavy (non-hydrogen) atoms. The second-order valence-corrected chi connectivity index (χ2v) is 5.72. The second-order valence-electron chi connectivity index (χ2n) is 5.72. The maximum atomic E-state index is 13.5. The Hall–Kier alpha value is -1.26. The van der Waals surface area contributed by atoms with E-state index in [1.165, 1.54) is 12.8 Å². The summed E-state index contributed by atoms with van der Waals surface area (Å²) in [4.78, 5) is 0. The maximum Gasteiger partial charge on any atom is 0.416 e. The van der Waals surface area contributed by atoms with Crippen LogP contribution in [0.5, 0.6) is 0 Å². The Kier molecular flexibility index (Phi) is 6.99. The van der Waals surface area contributed by atoms with Gasteiger partial charge < -0.3 is 5.32 Å². The zero-order valence-corrected chi connectivity index (χ0v) is 12.6. The van der Waals surface area contributed by atoms with Crippen LogP contribution in [-0.2, 0) is 6.18 Å². The summed E-state index contributed by atoms with van der Waals surface area (Å²) in [7, 11) is 0. The fourth-order valence-corrected chi connectivity index (χ4v) is 2.09. The molecule has 0 unspecified atom stereocenters. The molecular formula is C16H23F4N. The molecule has 0 aliphatic carbocycles. The van der Waals surface area contributed by atoms with Gasteiger partial charge in [0.15, 0.2) is 0 Å². The highest BCUT2D eigenvalue weighted by Gasteiger charge is 2.31. The van der Waals surface area contributed by atoms with Crippen molar-refractivity contribution in [1.29, 1.82) is 0 Å². The van der Waals surface area contributed by atoms with Gasteiger partial charge >= 0.3 is 6.18 Å². The summed E-state index contributed by atoms with van der Waals surface area (Å²) in [5.74, 6) is -0.144. The number of benzene rings is 1. The number of rotatable bonds is 8. The lowest BCUT2D eigenvalue weighted by molar-refractivity contribution is -0.137. The maximum absolute atomic E-state index is 13.5. The average Bonchev–Trinajstić information content (AvgIpc) is 2.37. The summed E-state index contributed by atoms with van der Waals surface area (Å²) in [6, 6.07) is 2.58. The number of halogens is 4. The quantitative estimate of drug-likeness (QED) is 0.468. The first kappa shape index (κ1) is 17.8. The molecule has 0 fully saturated rings. The summed E-state index contributed by atoms with van der Waals surface area (Å²) in [6.45, 7) is 4.95. The van der Waals surface area contributed by atoms with Crippen LogP contribution in [0, 0.1) is 11.7 Å². The summed E-state index contributed by atoms with van der Waals surface area (Å²) >= 11 is 0. The van der Waals surface area contributed by atoms with E-state index in [-0.39, 0.29) is 5.69 Å². The highest BCUT2D eigenvalue weighted by Crippen LogP contribution is 2.31. The molecule has 0 aliphatic heterocycles. The Morgan fingerprint density at radius 1 is 1.05 bits per heavy atom. The first-order valence-electron chi connectivity index (χ1n) is 7.41. The highest BCUT2D eigenvalue weighted by molar-refractivity contribution is 5.46. The Morgan fingerprint density at radius 3 is 2.29 bits per heavy atom. The lowest BCUT2D eigenvalue weighted by Gasteiger charge is -2.11. The van der Waals surface area contributed by atoms with Gasteiger partial charge in [-0.3, -0.25) is 0 Å². The normalized spacial score (nSPS) is 12.0. The third-order valence-electron chi connectivity index (χ3n) is 3.32. The van der Waals surface area contributed by atoms with Crippen LogP contribution in [-0.4, -0.2) is 6.54 Å². The van der Waals surface area contributed by atoms with Crippen LogP contribution < -0.4 is 5.32 Å². The van der Waals surface area contributed by atoms with E-state index >= 15 is 0 Å². The van der Waals surface area contributed by atoms with Gasteiger partial charge in [0.1, 0.15) is 5.82 Å². The molecule has 0 heterocycles. The van der Waals surface area contributed by atoms with E-state index in [1.807, 2.05) is 0 Å². The molecule has 1 aromatic carbocycles. The van der Waals surface area contributed by atoms with E-state index in [0.717, 1.165) is 31.4 Å². The van der Waals surface area contributed by atoms with Gasteiger partial charge in [-0.25, -0.2) is 4.39 Å². The fourth-order valence-electron chi connectivity index (χ4n) is 2.09. The van der Waals surface area contributed by atoms with E-state index < -0.39 is 17.6 Å². The van der Waals surface area contributed by atoms with E-state index in [4.69, 9.17) is 0 Å². The molecule has 0 atom stereocenters. The van der Waals surface area contributed by atoms with E-state index in [1.54, 1.807) is 0 Å². The van der Waals surface area contributed by atoms with Gasteiger partial charge in [-0.2, -0.15) is 13.2 Å². The minimum atomic E-state index is -4.50. The molecule has 0 aromatic heterocycles. The molecule has 1 aromatic rings. The van der Waals surface area contributed by atoms with Gasteiger partial charge in [-0.1, -0.05) is 39.5 Å². The number of unbranched alkanes of at least 4 members (excludes halogenated alkanes) is 3. The molecule has 1 nitrogen and oxygen atoms in total. The molecule has 0 amide bonds. The molecule has 5 heteroatoms. The van der Waals surface area contributed by atoms with Crippen molar-refractivity contribution in [3.63, 3.8) is 0 Å². The molecule has 0 aliphatic rings. The van der Waals surface area contributed by atoms with Crippen LogP contribution in [0.15, 0.2) is 18.2 Å². The molecule has 0 saturated heterocycles. The van der Waals surface area contributed by atoms with Crippen LogP contribution in [0.2, 0.25) is 0 Å². The number of hydrogen-bond donors (Lipinski definition) is 1. The lowest BCUT2D eigenvalue weighted by Crippen LogP contribution is -2.08. The van der Waals surface area contributed by atoms with E-state index in [2.05, 4.69) is 19.2 Å². The van der Waals surface area contributed by atoms with Gasteiger partial charge in [-0.15, -0.1) is 0 Å². The zero-order chi connectivity index (χ0) is 15.9. The van der Waals surface area contributed by atoms with Crippen molar-refractivity contribution in [1.82, 2.24) is 0 Å². The third-order valence-corrected chi connectivity index (χ3v) is 3.32. The molecule has 1 rings (SSSR count). The second kappa shape index (κ2) is 8.25. The van der Waals surface area contributed by atoms with Crippen LogP contribution >= 0.6 is 0 Å². The van der Waals surface area contributed by atoms with Gasteiger partial charge in [0, 0.05) is 6.54 Å². The SMILES string of the molecule is CC(C)CCCCCCNc1ccc(C(F)(F)F)cc1F. The van der Waals surface area contributed by atoms with Crippen molar-refractivity contribution in [2.45, 2.75) is 52.1 Å². The van der Waals surface area contributed by atoms with E-state index in [0.29, 0.717) is 18.5 Å². The first-order valence-corrected chi connectivity index (χ1v) is 7.41. The topological polar surface area (TPSA) is 12.0 Å². The predicted molar refractivity (Wildman–Crippen MR) is 77.8 cm³/mol. The standard InChI is InChI=1S/C16H23F4N/c1-12(2)7-5-3-4-6-10-21-15-9-8-13(11-14(15)17)16(18,19)20/h8-9,11-12,21H,3-7,10H2,1-2H3. The minimum Gasteiger partial charge on any atom is -0.383 e. The lowest BCUT2D eigenvalue weighted by atomic mass is 10.0. The third kappa shape index (κ3) is 6.82. The van der Waals surface area contributed by atoms with E-state index in [9.17, 15) is 17.6 Å². The van der Waals surface area contributed by atoms with Crippen LogP contribution in [0.25, 0.3) is 0 Å².